The first-order valence-electron chi connectivity index (χ1n) is 9.60. The Labute approximate surface area is 143 Å². The van der Waals surface area contributed by atoms with Crippen molar-refractivity contribution >= 4 is 5.91 Å². The third-order valence-electron chi connectivity index (χ3n) is 6.67. The molecule has 0 spiro atoms. The number of hydrogen-bond acceptors (Lipinski definition) is 4. The van der Waals surface area contributed by atoms with E-state index in [-0.39, 0.29) is 5.91 Å². The van der Waals surface area contributed by atoms with Crippen molar-refractivity contribution in [2.75, 3.05) is 19.6 Å². The summed E-state index contributed by atoms with van der Waals surface area (Å²) in [7, 11) is 0. The van der Waals surface area contributed by atoms with E-state index in [0.717, 1.165) is 25.0 Å². The first-order valence-corrected chi connectivity index (χ1v) is 9.60. The number of likely N-dealkylation sites (tertiary alicyclic amines) is 1. The highest BCUT2D eigenvalue weighted by atomic mass is 16.2. The average Bonchev–Trinajstić information content (AvgIpc) is 3.46. The Morgan fingerprint density at radius 1 is 1.00 bits per heavy atom. The minimum absolute atomic E-state index is 0.0702. The van der Waals surface area contributed by atoms with Gasteiger partial charge in [0.2, 0.25) is 0 Å². The predicted molar refractivity (Wildman–Crippen MR) is 90.4 cm³/mol. The Morgan fingerprint density at radius 2 is 1.83 bits per heavy atom. The summed E-state index contributed by atoms with van der Waals surface area (Å²) in [5, 5.41) is 0. The number of nitrogens with zero attached hydrogens (tertiary/aromatic N) is 4. The van der Waals surface area contributed by atoms with Gasteiger partial charge in [0.25, 0.3) is 5.91 Å². The van der Waals surface area contributed by atoms with Crippen LogP contribution in [0.1, 0.15) is 49.0 Å². The second kappa shape index (κ2) is 5.80. The summed E-state index contributed by atoms with van der Waals surface area (Å²) in [5.74, 6) is 2.34. The zero-order valence-corrected chi connectivity index (χ0v) is 14.2. The fourth-order valence-electron chi connectivity index (χ4n) is 5.57. The SMILES string of the molecule is O=C(c1cnccn1)N1C[C@@H]2C[C@H](C1)[C@@H]1CCC[C@H](C3CC3)N1C2. The molecule has 4 atom stereocenters. The number of carbonyl (C=O) groups is 1. The van der Waals surface area contributed by atoms with Crippen molar-refractivity contribution in [3.05, 3.63) is 24.3 Å². The van der Waals surface area contributed by atoms with Crippen molar-refractivity contribution < 1.29 is 4.79 Å². The second-order valence-corrected chi connectivity index (χ2v) is 8.26. The maximum atomic E-state index is 12.8. The van der Waals surface area contributed by atoms with E-state index in [4.69, 9.17) is 0 Å². The van der Waals surface area contributed by atoms with E-state index in [2.05, 4.69) is 19.8 Å². The van der Waals surface area contributed by atoms with Crippen molar-refractivity contribution in [1.29, 1.82) is 0 Å². The molecule has 1 aromatic rings. The zero-order chi connectivity index (χ0) is 16.1. The van der Waals surface area contributed by atoms with Gasteiger partial charge in [-0.3, -0.25) is 14.7 Å². The van der Waals surface area contributed by atoms with Gasteiger partial charge in [-0.15, -0.1) is 0 Å². The largest absolute Gasteiger partial charge is 0.337 e. The van der Waals surface area contributed by atoms with Gasteiger partial charge < -0.3 is 4.90 Å². The van der Waals surface area contributed by atoms with Crippen LogP contribution in [-0.4, -0.2) is 57.4 Å². The van der Waals surface area contributed by atoms with Gasteiger partial charge in [-0.05, 0) is 49.9 Å². The van der Waals surface area contributed by atoms with E-state index < -0.39 is 0 Å². The Hall–Kier alpha value is -1.49. The monoisotopic (exact) mass is 326 g/mol. The highest BCUT2D eigenvalue weighted by molar-refractivity contribution is 5.92. The molecule has 4 heterocycles. The number of amides is 1. The van der Waals surface area contributed by atoms with E-state index >= 15 is 0 Å². The first-order chi connectivity index (χ1) is 11.8. The highest BCUT2D eigenvalue weighted by Crippen LogP contribution is 2.46. The van der Waals surface area contributed by atoms with E-state index in [1.165, 1.54) is 45.1 Å². The van der Waals surface area contributed by atoms with Crippen LogP contribution < -0.4 is 0 Å². The fraction of sp³-hybridized carbons (Fsp3) is 0.737. The van der Waals surface area contributed by atoms with Crippen molar-refractivity contribution in [3.63, 3.8) is 0 Å². The van der Waals surface area contributed by atoms with Crippen molar-refractivity contribution in [1.82, 2.24) is 19.8 Å². The minimum Gasteiger partial charge on any atom is -0.337 e. The molecule has 4 aliphatic rings. The van der Waals surface area contributed by atoms with Gasteiger partial charge in [-0.2, -0.15) is 0 Å². The Kier molecular flexibility index (Phi) is 3.58. The van der Waals surface area contributed by atoms with Crippen LogP contribution in [0.2, 0.25) is 0 Å². The molecule has 1 aromatic heterocycles. The molecule has 0 unspecified atom stereocenters. The predicted octanol–water partition coefficient (Wildman–Crippen LogP) is 2.20. The minimum atomic E-state index is 0.0702. The topological polar surface area (TPSA) is 49.3 Å². The zero-order valence-electron chi connectivity index (χ0n) is 14.2. The van der Waals surface area contributed by atoms with Crippen LogP contribution in [-0.2, 0) is 0 Å². The van der Waals surface area contributed by atoms with E-state index in [9.17, 15) is 4.79 Å². The second-order valence-electron chi connectivity index (χ2n) is 8.26. The number of piperidine rings is 3. The van der Waals surface area contributed by atoms with E-state index in [1.54, 1.807) is 18.6 Å². The summed E-state index contributed by atoms with van der Waals surface area (Å²) < 4.78 is 0. The van der Waals surface area contributed by atoms with Crippen molar-refractivity contribution in [3.8, 4) is 0 Å². The molecule has 5 heteroatoms. The van der Waals surface area contributed by atoms with Crippen LogP contribution in [0.3, 0.4) is 0 Å². The molecule has 3 saturated heterocycles. The fourth-order valence-corrected chi connectivity index (χ4v) is 5.57. The van der Waals surface area contributed by atoms with E-state index in [1.807, 2.05) is 0 Å². The maximum absolute atomic E-state index is 12.8. The Bertz CT molecular complexity index is 617. The normalized spacial score (nSPS) is 36.2. The Morgan fingerprint density at radius 3 is 2.58 bits per heavy atom. The highest BCUT2D eigenvalue weighted by Gasteiger charge is 2.48. The molecule has 1 aliphatic carbocycles. The first kappa shape index (κ1) is 14.8. The van der Waals surface area contributed by atoms with Gasteiger partial charge in [0.1, 0.15) is 5.69 Å². The molecule has 0 aromatic carbocycles. The lowest BCUT2D eigenvalue weighted by molar-refractivity contribution is -0.0552. The molecule has 0 radical (unpaired) electrons. The lowest BCUT2D eigenvalue weighted by Crippen LogP contribution is -2.62. The smallest absolute Gasteiger partial charge is 0.274 e. The number of aromatic nitrogens is 2. The van der Waals surface area contributed by atoms with Gasteiger partial charge in [0.15, 0.2) is 0 Å². The summed E-state index contributed by atoms with van der Waals surface area (Å²) in [6.07, 6.45) is 13.1. The molecule has 5 nitrogen and oxygen atoms in total. The molecule has 3 aliphatic heterocycles. The molecule has 5 rings (SSSR count). The molecule has 0 N–H and O–H groups in total. The van der Waals surface area contributed by atoms with Crippen LogP contribution in [0.5, 0.6) is 0 Å². The molecule has 2 bridgehead atoms. The molecule has 1 amide bonds. The summed E-state index contributed by atoms with van der Waals surface area (Å²) in [4.78, 5) is 26.0. The van der Waals surface area contributed by atoms with Crippen molar-refractivity contribution in [2.45, 2.75) is 50.6 Å². The quantitative estimate of drug-likeness (QED) is 0.836. The van der Waals surface area contributed by atoms with Crippen LogP contribution in [0.4, 0.5) is 0 Å². The third-order valence-corrected chi connectivity index (χ3v) is 6.67. The average molecular weight is 326 g/mol. The van der Waals surface area contributed by atoms with Crippen LogP contribution >= 0.6 is 0 Å². The summed E-state index contributed by atoms with van der Waals surface area (Å²) in [5.41, 5.74) is 0.494. The molecule has 24 heavy (non-hydrogen) atoms. The molecular formula is C19H26N4O. The molecular weight excluding hydrogens is 300 g/mol. The van der Waals surface area contributed by atoms with Crippen LogP contribution in [0.15, 0.2) is 18.6 Å². The van der Waals surface area contributed by atoms with Gasteiger partial charge in [-0.1, -0.05) is 6.42 Å². The summed E-state index contributed by atoms with van der Waals surface area (Å²) in [6, 6.07) is 1.55. The number of hydrogen-bond donors (Lipinski definition) is 0. The maximum Gasteiger partial charge on any atom is 0.274 e. The lowest BCUT2D eigenvalue weighted by Gasteiger charge is -2.55. The third kappa shape index (κ3) is 2.53. The van der Waals surface area contributed by atoms with Gasteiger partial charge in [0, 0.05) is 44.1 Å². The number of carbonyl (C=O) groups excluding carboxylic acids is 1. The summed E-state index contributed by atoms with van der Waals surface area (Å²) in [6.45, 7) is 3.00. The van der Waals surface area contributed by atoms with Crippen LogP contribution in [0.25, 0.3) is 0 Å². The molecule has 128 valence electrons. The van der Waals surface area contributed by atoms with Crippen LogP contribution in [0, 0.1) is 17.8 Å². The van der Waals surface area contributed by atoms with Gasteiger partial charge in [-0.25, -0.2) is 4.98 Å². The van der Waals surface area contributed by atoms with E-state index in [0.29, 0.717) is 23.6 Å². The number of fused-ring (bicyclic) bond motifs is 4. The van der Waals surface area contributed by atoms with Gasteiger partial charge >= 0.3 is 0 Å². The van der Waals surface area contributed by atoms with Crippen molar-refractivity contribution in [2.24, 2.45) is 17.8 Å². The molecule has 1 saturated carbocycles. The van der Waals surface area contributed by atoms with Gasteiger partial charge in [0.05, 0.1) is 6.20 Å². The summed E-state index contributed by atoms with van der Waals surface area (Å²) >= 11 is 0. The Balaban J connectivity index is 1.34. The lowest BCUT2D eigenvalue weighted by atomic mass is 9.74. The molecule has 4 fully saturated rings. The standard InChI is InChI=1S/C19H26N4O/c24-19(16-9-20-6-7-21-16)22-10-13-8-15(12-22)18-3-1-2-17(14-4-5-14)23(18)11-13/h6-7,9,13-15,17-18H,1-5,8,10-12H2/t13-,15+,17+,18-/m0/s1. The number of rotatable bonds is 2.